The first kappa shape index (κ1) is 23.3. The summed E-state index contributed by atoms with van der Waals surface area (Å²) in [4.78, 5) is 0. The van der Waals surface area contributed by atoms with Gasteiger partial charge in [0.1, 0.15) is 0 Å². The van der Waals surface area contributed by atoms with E-state index in [9.17, 15) is 28.5 Å². The van der Waals surface area contributed by atoms with Gasteiger partial charge in [0.2, 0.25) is 5.89 Å². The van der Waals surface area contributed by atoms with E-state index in [0.717, 1.165) is 12.1 Å². The van der Waals surface area contributed by atoms with Crippen LogP contribution in [0, 0.1) is 0 Å². The van der Waals surface area contributed by atoms with Crippen LogP contribution in [-0.4, -0.2) is 38.7 Å². The maximum absolute atomic E-state index is 12.7. The van der Waals surface area contributed by atoms with E-state index in [1.807, 2.05) is 13.8 Å². The van der Waals surface area contributed by atoms with Crippen LogP contribution in [-0.2, 0) is 11.8 Å². The van der Waals surface area contributed by atoms with E-state index in [2.05, 4.69) is 15.5 Å². The van der Waals surface area contributed by atoms with Crippen LogP contribution < -0.4 is 5.32 Å². The molecular weight excluding hydrogens is 403 g/mol. The van der Waals surface area contributed by atoms with Crippen molar-refractivity contribution in [1.82, 2.24) is 10.2 Å². The van der Waals surface area contributed by atoms with E-state index >= 15 is 0 Å². The number of aliphatic hydroxyl groups is 3. The lowest BCUT2D eigenvalue weighted by Gasteiger charge is -2.17. The number of nitrogens with zero attached hydrogens (tertiary/aromatic N) is 2. The van der Waals surface area contributed by atoms with Gasteiger partial charge in [0.25, 0.3) is 5.89 Å². The summed E-state index contributed by atoms with van der Waals surface area (Å²) < 4.78 is 43.4. The minimum atomic E-state index is -4.42. The Morgan fingerprint density at radius 2 is 1.53 bits per heavy atom. The average Bonchev–Trinajstić information content (AvgIpc) is 3.25. The number of aromatic nitrogens is 2. The van der Waals surface area contributed by atoms with E-state index in [-0.39, 0.29) is 11.8 Å². The highest BCUT2D eigenvalue weighted by atomic mass is 19.4. The minimum Gasteiger partial charge on any atom is -0.417 e. The molecule has 0 atom stereocenters. The highest BCUT2D eigenvalue weighted by Gasteiger charge is 2.34. The van der Waals surface area contributed by atoms with Gasteiger partial charge in [-0.25, -0.2) is 0 Å². The summed E-state index contributed by atoms with van der Waals surface area (Å²) in [6.07, 6.45) is -4.42. The van der Waals surface area contributed by atoms with Crippen molar-refractivity contribution in [3.63, 3.8) is 0 Å². The summed E-state index contributed by atoms with van der Waals surface area (Å²) in [5.74, 6) is -0.373. The normalized spacial score (nSPS) is 11.6. The standard InChI is InChI=1S/C18H16F3N3O4.C2H6/c19-18(20,21)11-5-7-12(8-6-11)22-14-4-2-1-3-13(14)15-23-24-16(28-15)17(27,9-25)10-26;1-2/h1-8,22,25-27H,9-10H2;1-2H3. The Bertz CT molecular complexity index is 939. The molecule has 30 heavy (non-hydrogen) atoms. The molecule has 0 fully saturated rings. The molecule has 162 valence electrons. The number of anilines is 2. The molecule has 3 aromatic rings. The summed E-state index contributed by atoms with van der Waals surface area (Å²) >= 11 is 0. The van der Waals surface area contributed by atoms with Gasteiger partial charge < -0.3 is 25.1 Å². The van der Waals surface area contributed by atoms with Crippen molar-refractivity contribution in [3.05, 3.63) is 60.0 Å². The quantitative estimate of drug-likeness (QED) is 0.477. The van der Waals surface area contributed by atoms with Gasteiger partial charge in [-0.3, -0.25) is 0 Å². The number of rotatable bonds is 6. The number of aliphatic hydroxyl groups excluding tert-OH is 2. The Hall–Kier alpha value is -2.95. The number of halogens is 3. The molecule has 0 bridgehead atoms. The van der Waals surface area contributed by atoms with E-state index in [4.69, 9.17) is 4.42 Å². The van der Waals surface area contributed by atoms with Crippen LogP contribution in [0.5, 0.6) is 0 Å². The monoisotopic (exact) mass is 425 g/mol. The molecule has 1 aromatic heterocycles. The zero-order chi connectivity index (χ0) is 22.4. The van der Waals surface area contributed by atoms with E-state index in [1.54, 1.807) is 24.3 Å². The largest absolute Gasteiger partial charge is 0.417 e. The Balaban J connectivity index is 0.00000155. The van der Waals surface area contributed by atoms with Gasteiger partial charge in [-0.1, -0.05) is 26.0 Å². The highest BCUT2D eigenvalue weighted by Crippen LogP contribution is 2.33. The van der Waals surface area contributed by atoms with Crippen LogP contribution in [0.2, 0.25) is 0 Å². The second kappa shape index (κ2) is 9.70. The summed E-state index contributed by atoms with van der Waals surface area (Å²) in [5, 5.41) is 38.9. The number of benzene rings is 2. The van der Waals surface area contributed by atoms with Crippen LogP contribution >= 0.6 is 0 Å². The number of nitrogens with one attached hydrogen (secondary N) is 1. The average molecular weight is 425 g/mol. The summed E-state index contributed by atoms with van der Waals surface area (Å²) in [7, 11) is 0. The predicted octanol–water partition coefficient (Wildman–Crippen LogP) is 3.70. The molecule has 10 heteroatoms. The third kappa shape index (κ3) is 5.15. The van der Waals surface area contributed by atoms with Crippen LogP contribution in [0.1, 0.15) is 25.3 Å². The zero-order valence-electron chi connectivity index (χ0n) is 16.3. The van der Waals surface area contributed by atoms with Gasteiger partial charge in [0, 0.05) is 5.69 Å². The third-order valence-corrected chi connectivity index (χ3v) is 3.99. The lowest BCUT2D eigenvalue weighted by molar-refractivity contribution is -0.137. The van der Waals surface area contributed by atoms with Crippen molar-refractivity contribution in [2.45, 2.75) is 25.6 Å². The maximum Gasteiger partial charge on any atom is 0.416 e. The van der Waals surface area contributed by atoms with Crippen LogP contribution in [0.3, 0.4) is 0 Å². The molecule has 0 saturated carbocycles. The number of alkyl halides is 3. The van der Waals surface area contributed by atoms with Crippen molar-refractivity contribution in [1.29, 1.82) is 0 Å². The lowest BCUT2D eigenvalue weighted by Crippen LogP contribution is -2.34. The second-order valence-corrected chi connectivity index (χ2v) is 6.01. The predicted molar refractivity (Wildman–Crippen MR) is 104 cm³/mol. The fourth-order valence-electron chi connectivity index (χ4n) is 2.38. The van der Waals surface area contributed by atoms with Gasteiger partial charge in [-0.15, -0.1) is 10.2 Å². The molecule has 0 spiro atoms. The Kier molecular flexibility index (Phi) is 7.54. The number of para-hydroxylation sites is 1. The topological polar surface area (TPSA) is 112 Å². The molecule has 0 amide bonds. The van der Waals surface area contributed by atoms with Crippen molar-refractivity contribution < 1.29 is 32.9 Å². The summed E-state index contributed by atoms with van der Waals surface area (Å²) in [5.41, 5.74) is -1.56. The van der Waals surface area contributed by atoms with Crippen molar-refractivity contribution in [2.75, 3.05) is 18.5 Å². The lowest BCUT2D eigenvalue weighted by atomic mass is 10.1. The van der Waals surface area contributed by atoms with Gasteiger partial charge in [0.05, 0.1) is 30.0 Å². The molecule has 3 rings (SSSR count). The molecule has 0 aliphatic rings. The van der Waals surface area contributed by atoms with Crippen molar-refractivity contribution in [3.8, 4) is 11.5 Å². The molecule has 0 aliphatic carbocycles. The molecule has 0 saturated heterocycles. The van der Waals surface area contributed by atoms with Gasteiger partial charge in [-0.05, 0) is 36.4 Å². The fraction of sp³-hybridized carbons (Fsp3) is 0.300. The molecule has 0 radical (unpaired) electrons. The van der Waals surface area contributed by atoms with Crippen LogP contribution in [0.4, 0.5) is 24.5 Å². The molecule has 0 aliphatic heterocycles. The molecule has 0 unspecified atom stereocenters. The zero-order valence-corrected chi connectivity index (χ0v) is 16.3. The van der Waals surface area contributed by atoms with E-state index < -0.39 is 30.6 Å². The van der Waals surface area contributed by atoms with Gasteiger partial charge in [0.15, 0.2) is 5.60 Å². The Morgan fingerprint density at radius 1 is 0.933 bits per heavy atom. The van der Waals surface area contributed by atoms with E-state index in [1.165, 1.54) is 12.1 Å². The summed E-state index contributed by atoms with van der Waals surface area (Å²) in [6.45, 7) is 2.35. The van der Waals surface area contributed by atoms with Crippen LogP contribution in [0.25, 0.3) is 11.5 Å². The van der Waals surface area contributed by atoms with E-state index in [0.29, 0.717) is 16.9 Å². The van der Waals surface area contributed by atoms with Crippen molar-refractivity contribution >= 4 is 11.4 Å². The Labute approximate surface area is 170 Å². The van der Waals surface area contributed by atoms with Crippen molar-refractivity contribution in [2.24, 2.45) is 0 Å². The van der Waals surface area contributed by atoms with Gasteiger partial charge >= 0.3 is 6.18 Å². The first-order valence-electron chi connectivity index (χ1n) is 9.08. The maximum atomic E-state index is 12.7. The molecular formula is C20H22F3N3O4. The highest BCUT2D eigenvalue weighted by molar-refractivity contribution is 5.76. The minimum absolute atomic E-state index is 0.00895. The molecule has 2 aromatic carbocycles. The fourth-order valence-corrected chi connectivity index (χ4v) is 2.38. The molecule has 1 heterocycles. The van der Waals surface area contributed by atoms with Crippen LogP contribution in [0.15, 0.2) is 52.9 Å². The molecule has 4 N–H and O–H groups in total. The molecule has 7 nitrogen and oxygen atoms in total. The second-order valence-electron chi connectivity index (χ2n) is 6.01. The number of hydrogen-bond acceptors (Lipinski definition) is 7. The number of hydrogen-bond donors (Lipinski definition) is 4. The summed E-state index contributed by atoms with van der Waals surface area (Å²) in [6, 6.07) is 11.1. The van der Waals surface area contributed by atoms with Gasteiger partial charge in [-0.2, -0.15) is 13.2 Å². The first-order valence-corrected chi connectivity index (χ1v) is 9.08. The third-order valence-electron chi connectivity index (χ3n) is 3.99. The smallest absolute Gasteiger partial charge is 0.416 e. The SMILES string of the molecule is CC.OCC(O)(CO)c1nnc(-c2ccccc2Nc2ccc(C(F)(F)F)cc2)o1. The Morgan fingerprint density at radius 3 is 2.10 bits per heavy atom. The first-order chi connectivity index (χ1) is 14.3.